The number of Topliss-reactive ketones (excluding diaryl/α,β-unsaturated/α-hetero) is 2. The van der Waals surface area contributed by atoms with Gasteiger partial charge in [0.05, 0.1) is 36.9 Å². The van der Waals surface area contributed by atoms with E-state index in [4.69, 9.17) is 0 Å². The van der Waals surface area contributed by atoms with Crippen LogP contribution in [0.1, 0.15) is 96.6 Å². The lowest BCUT2D eigenvalue weighted by molar-refractivity contribution is -0.118. The number of hydrogen-bond donors (Lipinski definition) is 2. The SMILES string of the molecule is Cc1cnc(C(=O)NCC(=O)CCSCCCCCCCCCCSCCC(=O)CNC(=O)c2cnc(C)cn2)cn1. The molecule has 0 aliphatic heterocycles. The number of amides is 2. The average molecular weight is 617 g/mol. The van der Waals surface area contributed by atoms with Crippen LogP contribution in [-0.2, 0) is 9.59 Å². The summed E-state index contributed by atoms with van der Waals surface area (Å²) in [5.74, 6) is 3.00. The molecule has 2 N–H and O–H groups in total. The molecule has 0 spiro atoms. The summed E-state index contributed by atoms with van der Waals surface area (Å²) in [6, 6.07) is 0. The monoisotopic (exact) mass is 616 g/mol. The molecule has 0 aromatic carbocycles. The lowest BCUT2D eigenvalue weighted by Gasteiger charge is -2.05. The van der Waals surface area contributed by atoms with Crippen molar-refractivity contribution in [2.75, 3.05) is 36.1 Å². The number of aryl methyl sites for hydroxylation is 2. The highest BCUT2D eigenvalue weighted by Crippen LogP contribution is 2.14. The van der Waals surface area contributed by atoms with E-state index in [1.165, 1.54) is 76.2 Å². The highest BCUT2D eigenvalue weighted by Gasteiger charge is 2.11. The highest BCUT2D eigenvalue weighted by atomic mass is 32.2. The second-order valence-corrected chi connectivity index (χ2v) is 12.5. The third-order valence-corrected chi connectivity index (χ3v) is 8.44. The summed E-state index contributed by atoms with van der Waals surface area (Å²) < 4.78 is 0. The van der Waals surface area contributed by atoms with Crippen LogP contribution in [-0.4, -0.2) is 79.4 Å². The number of rotatable bonds is 23. The van der Waals surface area contributed by atoms with Crippen LogP contribution in [0, 0.1) is 13.8 Å². The molecule has 0 radical (unpaired) electrons. The van der Waals surface area contributed by atoms with E-state index in [1.54, 1.807) is 37.4 Å². The molecule has 0 atom stereocenters. The van der Waals surface area contributed by atoms with Crippen molar-refractivity contribution in [2.24, 2.45) is 0 Å². The molecule has 0 saturated carbocycles. The zero-order valence-electron chi connectivity index (χ0n) is 24.9. The normalized spacial score (nSPS) is 10.8. The van der Waals surface area contributed by atoms with Gasteiger partial charge in [-0.2, -0.15) is 23.5 Å². The van der Waals surface area contributed by atoms with E-state index < -0.39 is 0 Å². The molecule has 0 saturated heterocycles. The Balaban J connectivity index is 1.30. The minimum atomic E-state index is -0.373. The molecule has 2 aromatic rings. The highest BCUT2D eigenvalue weighted by molar-refractivity contribution is 7.99. The molecular weight excluding hydrogens is 573 g/mol. The number of unbranched alkanes of at least 4 members (excludes halogenated alkanes) is 7. The Morgan fingerprint density at radius 3 is 1.29 bits per heavy atom. The molecule has 10 nitrogen and oxygen atoms in total. The molecule has 0 fully saturated rings. The van der Waals surface area contributed by atoms with Crippen molar-refractivity contribution in [1.82, 2.24) is 30.6 Å². The van der Waals surface area contributed by atoms with E-state index in [-0.39, 0.29) is 47.9 Å². The van der Waals surface area contributed by atoms with Gasteiger partial charge in [0, 0.05) is 36.7 Å². The van der Waals surface area contributed by atoms with Crippen LogP contribution in [0.3, 0.4) is 0 Å². The minimum absolute atomic E-state index is 0.0263. The summed E-state index contributed by atoms with van der Waals surface area (Å²) in [6.45, 7) is 3.65. The summed E-state index contributed by atoms with van der Waals surface area (Å²) in [5, 5.41) is 5.22. The molecule has 12 heteroatoms. The lowest BCUT2D eigenvalue weighted by atomic mass is 10.1. The van der Waals surface area contributed by atoms with Gasteiger partial charge in [-0.15, -0.1) is 0 Å². The maximum absolute atomic E-state index is 12.0. The van der Waals surface area contributed by atoms with Crippen molar-refractivity contribution >= 4 is 46.9 Å². The molecule has 0 aliphatic carbocycles. The van der Waals surface area contributed by atoms with Crippen LogP contribution in [0.15, 0.2) is 24.8 Å². The zero-order chi connectivity index (χ0) is 30.4. The second-order valence-electron chi connectivity index (χ2n) is 10.1. The van der Waals surface area contributed by atoms with E-state index in [2.05, 4.69) is 30.6 Å². The Bertz CT molecular complexity index is 1010. The Hall–Kier alpha value is -2.86. The van der Waals surface area contributed by atoms with Crippen LogP contribution in [0.2, 0.25) is 0 Å². The van der Waals surface area contributed by atoms with Gasteiger partial charge >= 0.3 is 0 Å². The van der Waals surface area contributed by atoms with Crippen LogP contribution < -0.4 is 10.6 Å². The fourth-order valence-electron chi connectivity index (χ4n) is 3.78. The van der Waals surface area contributed by atoms with Crippen molar-refractivity contribution in [3.8, 4) is 0 Å². The predicted octanol–water partition coefficient (Wildman–Crippen LogP) is 4.55. The molecule has 230 valence electrons. The number of thioether (sulfide) groups is 2. The van der Waals surface area contributed by atoms with Crippen molar-refractivity contribution in [2.45, 2.75) is 78.1 Å². The van der Waals surface area contributed by atoms with Crippen LogP contribution in [0.4, 0.5) is 0 Å². The summed E-state index contributed by atoms with van der Waals surface area (Å²) in [7, 11) is 0. The quantitative estimate of drug-likeness (QED) is 0.171. The van der Waals surface area contributed by atoms with Gasteiger partial charge in [0.1, 0.15) is 11.4 Å². The average Bonchev–Trinajstić information content (AvgIpc) is 2.99. The first-order chi connectivity index (χ1) is 20.3. The van der Waals surface area contributed by atoms with Crippen molar-refractivity contribution in [3.05, 3.63) is 47.6 Å². The Morgan fingerprint density at radius 1 is 0.548 bits per heavy atom. The van der Waals surface area contributed by atoms with Crippen molar-refractivity contribution in [3.63, 3.8) is 0 Å². The number of ketones is 2. The first kappa shape index (κ1) is 35.3. The summed E-state index contributed by atoms with van der Waals surface area (Å²) >= 11 is 3.60. The maximum Gasteiger partial charge on any atom is 0.271 e. The third kappa shape index (κ3) is 16.5. The maximum atomic E-state index is 12.0. The van der Waals surface area contributed by atoms with Gasteiger partial charge in [-0.25, -0.2) is 9.97 Å². The molecule has 2 aromatic heterocycles. The lowest BCUT2D eigenvalue weighted by Crippen LogP contribution is -2.30. The van der Waals surface area contributed by atoms with E-state index >= 15 is 0 Å². The topological polar surface area (TPSA) is 144 Å². The van der Waals surface area contributed by atoms with Gasteiger partial charge in [-0.3, -0.25) is 29.1 Å². The van der Waals surface area contributed by atoms with Gasteiger partial charge in [-0.05, 0) is 38.2 Å². The van der Waals surface area contributed by atoms with Crippen LogP contribution in [0.5, 0.6) is 0 Å². The molecule has 0 aliphatic rings. The van der Waals surface area contributed by atoms with Gasteiger partial charge in [0.2, 0.25) is 0 Å². The summed E-state index contributed by atoms with van der Waals surface area (Å²) in [5.41, 5.74) is 1.92. The van der Waals surface area contributed by atoms with Crippen molar-refractivity contribution in [1.29, 1.82) is 0 Å². The summed E-state index contributed by atoms with van der Waals surface area (Å²) in [4.78, 5) is 64.0. The molecule has 2 heterocycles. The van der Waals surface area contributed by atoms with E-state index in [9.17, 15) is 19.2 Å². The van der Waals surface area contributed by atoms with E-state index in [0.717, 1.165) is 34.4 Å². The number of carbonyl (C=O) groups excluding carboxylic acids is 4. The van der Waals surface area contributed by atoms with Gasteiger partial charge in [-0.1, -0.05) is 38.5 Å². The van der Waals surface area contributed by atoms with Crippen molar-refractivity contribution < 1.29 is 19.2 Å². The van der Waals surface area contributed by atoms with E-state index in [0.29, 0.717) is 12.8 Å². The van der Waals surface area contributed by atoms with Crippen LogP contribution in [0.25, 0.3) is 0 Å². The predicted molar refractivity (Wildman–Crippen MR) is 169 cm³/mol. The number of nitrogens with zero attached hydrogens (tertiary/aromatic N) is 4. The standard InChI is InChI=1S/C30H44N6O4S2/c1-23-17-33-27(21-31-23)29(39)35-19-25(37)11-15-41-13-9-7-5-3-4-6-8-10-14-42-16-12-26(38)20-36-30(40)28-22-32-24(2)18-34-28/h17-18,21-22H,3-16,19-20H2,1-2H3,(H,35,39)(H,36,40). The number of aromatic nitrogens is 4. The third-order valence-electron chi connectivity index (χ3n) is 6.30. The van der Waals surface area contributed by atoms with Crippen LogP contribution >= 0.6 is 23.5 Å². The molecule has 2 amide bonds. The van der Waals surface area contributed by atoms with E-state index in [1.807, 2.05) is 0 Å². The number of hydrogen-bond acceptors (Lipinski definition) is 10. The molecule has 0 unspecified atom stereocenters. The fraction of sp³-hybridized carbons (Fsp3) is 0.600. The Labute approximate surface area is 257 Å². The largest absolute Gasteiger partial charge is 0.344 e. The molecule has 2 rings (SSSR count). The zero-order valence-corrected chi connectivity index (χ0v) is 26.5. The summed E-state index contributed by atoms with van der Waals surface area (Å²) in [6.07, 6.45) is 16.6. The van der Waals surface area contributed by atoms with Gasteiger partial charge in [0.15, 0.2) is 11.6 Å². The molecule has 42 heavy (non-hydrogen) atoms. The Kier molecular flexibility index (Phi) is 18.3. The first-order valence-electron chi connectivity index (χ1n) is 14.7. The van der Waals surface area contributed by atoms with Gasteiger partial charge < -0.3 is 10.6 Å². The molecular formula is C30H44N6O4S2. The fourth-order valence-corrected chi connectivity index (χ4v) is 5.75. The number of carbonyl (C=O) groups is 4. The molecule has 0 bridgehead atoms. The second kappa shape index (κ2) is 21.8. The minimum Gasteiger partial charge on any atom is -0.344 e. The Morgan fingerprint density at radius 2 is 0.929 bits per heavy atom. The first-order valence-corrected chi connectivity index (χ1v) is 17.0. The van der Waals surface area contributed by atoms with Gasteiger partial charge in [0.25, 0.3) is 11.8 Å². The smallest absolute Gasteiger partial charge is 0.271 e. The number of nitrogens with one attached hydrogen (secondary N) is 2.